The van der Waals surface area contributed by atoms with Gasteiger partial charge in [-0.1, -0.05) is 6.92 Å². The number of hydrogen-bond donors (Lipinski definition) is 1. The van der Waals surface area contributed by atoms with Crippen LogP contribution in [0, 0.1) is 17.5 Å². The van der Waals surface area contributed by atoms with Crippen LogP contribution in [-0.2, 0) is 0 Å². The number of nitrogens with two attached hydrogens (primary N) is 1. The average molecular weight is 249 g/mol. The van der Waals surface area contributed by atoms with Crippen molar-refractivity contribution in [3.05, 3.63) is 29.1 Å². The molecule has 1 aromatic carbocycles. The van der Waals surface area contributed by atoms with Gasteiger partial charge in [-0.25, -0.2) is 13.2 Å². The van der Waals surface area contributed by atoms with E-state index >= 15 is 0 Å². The zero-order chi connectivity index (χ0) is 12.3. The molecule has 0 radical (unpaired) electrons. The highest BCUT2D eigenvalue weighted by Gasteiger charge is 2.20. The normalized spacial score (nSPS) is 12.9. The number of hydrogen-bond acceptors (Lipinski definition) is 2. The molecule has 1 unspecified atom stereocenters. The minimum Gasteiger partial charge on any atom is -0.330 e. The maximum atomic E-state index is 13.6. The Morgan fingerprint density at radius 3 is 2.44 bits per heavy atom. The molecule has 1 atom stereocenters. The van der Waals surface area contributed by atoms with Gasteiger partial charge in [-0.15, -0.1) is 11.8 Å². The summed E-state index contributed by atoms with van der Waals surface area (Å²) in [6.45, 7) is 2.05. The van der Waals surface area contributed by atoms with Crippen LogP contribution >= 0.6 is 11.8 Å². The molecule has 1 nitrogen and oxygen atoms in total. The second kappa shape index (κ2) is 5.59. The molecule has 0 aromatic heterocycles. The lowest BCUT2D eigenvalue weighted by atomic mass is 9.97. The molecule has 0 aliphatic carbocycles. The fourth-order valence-corrected chi connectivity index (χ4v) is 2.07. The number of halogens is 3. The summed E-state index contributed by atoms with van der Waals surface area (Å²) in [6, 6.07) is 1.06. The van der Waals surface area contributed by atoms with Gasteiger partial charge in [0.1, 0.15) is 5.82 Å². The Morgan fingerprint density at radius 1 is 1.31 bits per heavy atom. The molecular weight excluding hydrogens is 235 g/mol. The second-order valence-electron chi connectivity index (χ2n) is 3.59. The van der Waals surface area contributed by atoms with Gasteiger partial charge in [0, 0.05) is 0 Å². The maximum Gasteiger partial charge on any atom is 0.175 e. The Hall–Kier alpha value is -0.680. The molecule has 0 amide bonds. The first-order valence-corrected chi connectivity index (χ1v) is 6.16. The Morgan fingerprint density at radius 2 is 1.94 bits per heavy atom. The standard InChI is InChI=1S/C11H14F3NS/c1-6(3-4-15)7-5-8(12)11(16-2)10(14)9(7)13/h5-6H,3-4,15H2,1-2H3. The first-order valence-electron chi connectivity index (χ1n) is 4.94. The molecule has 0 saturated heterocycles. The summed E-state index contributed by atoms with van der Waals surface area (Å²) in [4.78, 5) is -0.277. The van der Waals surface area contributed by atoms with E-state index in [1.165, 1.54) is 6.26 Å². The Labute approximate surface area is 97.2 Å². The Balaban J connectivity index is 3.22. The van der Waals surface area contributed by atoms with E-state index in [1.807, 2.05) is 0 Å². The lowest BCUT2D eigenvalue weighted by molar-refractivity contribution is 0.450. The fraction of sp³-hybridized carbons (Fsp3) is 0.455. The van der Waals surface area contributed by atoms with Gasteiger partial charge in [0.2, 0.25) is 0 Å². The zero-order valence-corrected chi connectivity index (χ0v) is 10.0. The third-order valence-corrected chi connectivity index (χ3v) is 3.26. The minimum atomic E-state index is -1.11. The van der Waals surface area contributed by atoms with E-state index in [-0.39, 0.29) is 16.4 Å². The van der Waals surface area contributed by atoms with E-state index in [2.05, 4.69) is 0 Å². The molecule has 1 aromatic rings. The van der Waals surface area contributed by atoms with Crippen LogP contribution in [0.15, 0.2) is 11.0 Å². The SMILES string of the molecule is CSc1c(F)cc(C(C)CCN)c(F)c1F. The summed E-state index contributed by atoms with van der Waals surface area (Å²) in [6.07, 6.45) is 2.00. The molecule has 0 aliphatic rings. The summed E-state index contributed by atoms with van der Waals surface area (Å²) in [5.74, 6) is -3.08. The quantitative estimate of drug-likeness (QED) is 0.654. The van der Waals surface area contributed by atoms with Gasteiger partial charge in [0.15, 0.2) is 11.6 Å². The molecule has 0 bridgehead atoms. The largest absolute Gasteiger partial charge is 0.330 e. The van der Waals surface area contributed by atoms with Crippen molar-refractivity contribution in [3.8, 4) is 0 Å². The van der Waals surface area contributed by atoms with Gasteiger partial charge in [0.25, 0.3) is 0 Å². The van der Waals surface area contributed by atoms with Gasteiger partial charge in [0.05, 0.1) is 4.90 Å². The highest BCUT2D eigenvalue weighted by atomic mass is 32.2. The highest BCUT2D eigenvalue weighted by Crippen LogP contribution is 2.31. The van der Waals surface area contributed by atoms with E-state index < -0.39 is 17.5 Å². The Kier molecular flexibility index (Phi) is 4.68. The van der Waals surface area contributed by atoms with E-state index in [9.17, 15) is 13.2 Å². The monoisotopic (exact) mass is 249 g/mol. The predicted octanol–water partition coefficient (Wildman–Crippen LogP) is 3.28. The third kappa shape index (κ3) is 2.52. The van der Waals surface area contributed by atoms with E-state index in [0.29, 0.717) is 13.0 Å². The molecule has 0 saturated carbocycles. The van der Waals surface area contributed by atoms with Crippen molar-refractivity contribution < 1.29 is 13.2 Å². The molecule has 0 spiro atoms. The highest BCUT2D eigenvalue weighted by molar-refractivity contribution is 7.98. The van der Waals surface area contributed by atoms with Crippen molar-refractivity contribution in [1.29, 1.82) is 0 Å². The molecule has 0 fully saturated rings. The number of rotatable bonds is 4. The van der Waals surface area contributed by atoms with Crippen molar-refractivity contribution in [2.75, 3.05) is 12.8 Å². The van der Waals surface area contributed by atoms with Crippen molar-refractivity contribution in [2.24, 2.45) is 5.73 Å². The molecule has 1 rings (SSSR count). The smallest absolute Gasteiger partial charge is 0.175 e. The first kappa shape index (κ1) is 13.4. The predicted molar refractivity (Wildman–Crippen MR) is 60.2 cm³/mol. The lowest BCUT2D eigenvalue weighted by Gasteiger charge is -2.14. The molecule has 5 heteroatoms. The van der Waals surface area contributed by atoms with Crippen molar-refractivity contribution in [1.82, 2.24) is 0 Å². The number of benzene rings is 1. The second-order valence-corrected chi connectivity index (χ2v) is 4.40. The topological polar surface area (TPSA) is 26.0 Å². The average Bonchev–Trinajstić information content (AvgIpc) is 2.24. The van der Waals surface area contributed by atoms with Crippen LogP contribution in [-0.4, -0.2) is 12.8 Å². The molecule has 90 valence electrons. The van der Waals surface area contributed by atoms with Crippen molar-refractivity contribution in [3.63, 3.8) is 0 Å². The maximum absolute atomic E-state index is 13.6. The summed E-state index contributed by atoms with van der Waals surface area (Å²) >= 11 is 0.855. The van der Waals surface area contributed by atoms with Crippen LogP contribution in [0.1, 0.15) is 24.8 Å². The van der Waals surface area contributed by atoms with Crippen LogP contribution in [0.3, 0.4) is 0 Å². The number of thioether (sulfide) groups is 1. The van der Waals surface area contributed by atoms with Gasteiger partial charge in [-0.05, 0) is 36.8 Å². The molecule has 0 heterocycles. The van der Waals surface area contributed by atoms with Crippen LogP contribution < -0.4 is 5.73 Å². The summed E-state index contributed by atoms with van der Waals surface area (Å²) < 4.78 is 40.5. The van der Waals surface area contributed by atoms with Crippen LogP contribution in [0.5, 0.6) is 0 Å². The first-order chi connectivity index (χ1) is 7.52. The van der Waals surface area contributed by atoms with Gasteiger partial charge in [-0.2, -0.15) is 0 Å². The van der Waals surface area contributed by atoms with E-state index in [0.717, 1.165) is 17.8 Å². The molecule has 0 aliphatic heterocycles. The van der Waals surface area contributed by atoms with E-state index in [1.54, 1.807) is 6.92 Å². The molecular formula is C11H14F3NS. The van der Waals surface area contributed by atoms with E-state index in [4.69, 9.17) is 5.73 Å². The van der Waals surface area contributed by atoms with Crippen LogP contribution in [0.2, 0.25) is 0 Å². The van der Waals surface area contributed by atoms with Gasteiger partial charge < -0.3 is 5.73 Å². The summed E-state index contributed by atoms with van der Waals surface area (Å²) in [5.41, 5.74) is 5.39. The zero-order valence-electron chi connectivity index (χ0n) is 9.19. The minimum absolute atomic E-state index is 0.0539. The van der Waals surface area contributed by atoms with Crippen LogP contribution in [0.25, 0.3) is 0 Å². The van der Waals surface area contributed by atoms with Gasteiger partial charge >= 0.3 is 0 Å². The van der Waals surface area contributed by atoms with Crippen molar-refractivity contribution in [2.45, 2.75) is 24.2 Å². The lowest BCUT2D eigenvalue weighted by Crippen LogP contribution is -2.08. The molecule has 2 N–H and O–H groups in total. The van der Waals surface area contributed by atoms with Crippen LogP contribution in [0.4, 0.5) is 13.2 Å². The summed E-state index contributed by atoms with van der Waals surface area (Å²) in [7, 11) is 0. The summed E-state index contributed by atoms with van der Waals surface area (Å²) in [5, 5.41) is 0. The third-order valence-electron chi connectivity index (χ3n) is 2.48. The fourth-order valence-electron chi connectivity index (χ4n) is 1.55. The van der Waals surface area contributed by atoms with Crippen molar-refractivity contribution >= 4 is 11.8 Å². The Bertz CT molecular complexity index is 382. The van der Waals surface area contributed by atoms with Gasteiger partial charge in [-0.3, -0.25) is 0 Å². The molecule has 16 heavy (non-hydrogen) atoms.